The molecule has 1 amide bonds. The van der Waals surface area contributed by atoms with Gasteiger partial charge in [0.2, 0.25) is 6.41 Å². The molecule has 0 saturated heterocycles. The van der Waals surface area contributed by atoms with Crippen molar-refractivity contribution < 1.29 is 9.53 Å². The lowest BCUT2D eigenvalue weighted by Gasteiger charge is -2.23. The van der Waals surface area contributed by atoms with Crippen LogP contribution in [0.5, 0.6) is 5.75 Å². The van der Waals surface area contributed by atoms with Gasteiger partial charge < -0.3 is 4.74 Å². The Morgan fingerprint density at radius 1 is 1.26 bits per heavy atom. The number of hydrogen-bond acceptors (Lipinski definition) is 4. The van der Waals surface area contributed by atoms with Gasteiger partial charge in [-0.05, 0) is 41.5 Å². The molecule has 118 valence electrons. The lowest BCUT2D eigenvalue weighted by Crippen LogP contribution is -2.26. The molecule has 0 aliphatic carbocycles. The van der Waals surface area contributed by atoms with Crippen molar-refractivity contribution in [1.82, 2.24) is 9.99 Å². The molecule has 2 aromatic rings. The fraction of sp³-hybridized carbons (Fsp3) is 0.188. The summed E-state index contributed by atoms with van der Waals surface area (Å²) in [6.07, 6.45) is 1.19. The smallest absolute Gasteiger partial charge is 0.230 e. The van der Waals surface area contributed by atoms with Crippen LogP contribution in [0.1, 0.15) is 16.7 Å². The van der Waals surface area contributed by atoms with Crippen LogP contribution in [0.2, 0.25) is 10.3 Å². The number of pyridine rings is 1. The number of ether oxygens (including phenoxy) is 1. The first-order chi connectivity index (χ1) is 11.1. The fourth-order valence-corrected chi connectivity index (χ4v) is 3.03. The average Bonchev–Trinajstić information content (AvgIpc) is 2.53. The van der Waals surface area contributed by atoms with Crippen LogP contribution < -0.4 is 4.74 Å². The molecule has 0 spiro atoms. The largest absolute Gasteiger partial charge is 0.497 e. The molecule has 0 unspecified atom stereocenters. The van der Waals surface area contributed by atoms with E-state index in [1.54, 1.807) is 19.2 Å². The number of methoxy groups -OCH3 is 1. The molecule has 0 radical (unpaired) electrons. The number of hydrazone groups is 1. The van der Waals surface area contributed by atoms with Gasteiger partial charge in [0.05, 0.1) is 19.4 Å². The molecule has 23 heavy (non-hydrogen) atoms. The second-order valence-electron chi connectivity index (χ2n) is 5.07. The molecule has 1 aromatic carbocycles. The predicted octanol–water partition coefficient (Wildman–Crippen LogP) is 3.32. The van der Waals surface area contributed by atoms with Crippen molar-refractivity contribution in [3.05, 3.63) is 57.3 Å². The zero-order valence-electron chi connectivity index (χ0n) is 12.3. The molecule has 0 fully saturated rings. The van der Waals surface area contributed by atoms with E-state index in [1.165, 1.54) is 5.01 Å². The first-order valence-corrected chi connectivity index (χ1v) is 7.63. The van der Waals surface area contributed by atoms with Crippen LogP contribution in [0, 0.1) is 0 Å². The summed E-state index contributed by atoms with van der Waals surface area (Å²) < 4.78 is 5.24. The molecule has 7 heteroatoms. The van der Waals surface area contributed by atoms with Gasteiger partial charge in [-0.15, -0.1) is 0 Å². The predicted molar refractivity (Wildman–Crippen MR) is 89.1 cm³/mol. The molecule has 1 aliphatic rings. The van der Waals surface area contributed by atoms with E-state index >= 15 is 0 Å². The minimum Gasteiger partial charge on any atom is -0.497 e. The van der Waals surface area contributed by atoms with Crippen LogP contribution in [0.25, 0.3) is 0 Å². The summed E-state index contributed by atoms with van der Waals surface area (Å²) >= 11 is 11.9. The van der Waals surface area contributed by atoms with Crippen molar-refractivity contribution in [2.75, 3.05) is 7.11 Å². The minimum absolute atomic E-state index is 0.325. The summed E-state index contributed by atoms with van der Waals surface area (Å²) in [5.41, 5.74) is 3.60. The second kappa shape index (κ2) is 6.56. The van der Waals surface area contributed by atoms with E-state index in [9.17, 15) is 4.79 Å². The van der Waals surface area contributed by atoms with Crippen molar-refractivity contribution in [2.24, 2.45) is 5.10 Å². The SMILES string of the molecule is COc1ccc2c(c1)CN(C=O)N=C2Cc1cc(Cl)nc(Cl)c1. The number of halogens is 2. The Bertz CT molecular complexity index is 773. The van der Waals surface area contributed by atoms with E-state index < -0.39 is 0 Å². The number of aromatic nitrogens is 1. The number of carbonyl (C=O) groups excluding carboxylic acids is 1. The molecular formula is C16H13Cl2N3O2. The second-order valence-corrected chi connectivity index (χ2v) is 5.84. The highest BCUT2D eigenvalue weighted by atomic mass is 35.5. The molecule has 3 rings (SSSR count). The van der Waals surface area contributed by atoms with Gasteiger partial charge in [-0.3, -0.25) is 4.79 Å². The highest BCUT2D eigenvalue weighted by molar-refractivity contribution is 6.32. The number of rotatable bonds is 4. The van der Waals surface area contributed by atoms with E-state index in [0.717, 1.165) is 28.2 Å². The molecule has 1 aromatic heterocycles. The van der Waals surface area contributed by atoms with E-state index in [0.29, 0.717) is 29.7 Å². The molecule has 0 bridgehead atoms. The third-order valence-electron chi connectivity index (χ3n) is 3.52. The fourth-order valence-electron chi connectivity index (χ4n) is 2.53. The van der Waals surface area contributed by atoms with Crippen molar-refractivity contribution in [3.63, 3.8) is 0 Å². The van der Waals surface area contributed by atoms with Gasteiger partial charge in [-0.25, -0.2) is 9.99 Å². The van der Waals surface area contributed by atoms with Gasteiger partial charge >= 0.3 is 0 Å². The maximum Gasteiger partial charge on any atom is 0.230 e. The summed E-state index contributed by atoms with van der Waals surface area (Å²) in [5, 5.41) is 6.40. The molecule has 0 saturated carbocycles. The van der Waals surface area contributed by atoms with Crippen molar-refractivity contribution in [1.29, 1.82) is 0 Å². The van der Waals surface area contributed by atoms with Gasteiger partial charge in [-0.2, -0.15) is 5.10 Å². The summed E-state index contributed by atoms with van der Waals surface area (Å²) in [6.45, 7) is 0.414. The van der Waals surface area contributed by atoms with E-state index in [1.807, 2.05) is 18.2 Å². The summed E-state index contributed by atoms with van der Waals surface area (Å²) in [4.78, 5) is 15.1. The third kappa shape index (κ3) is 3.46. The summed E-state index contributed by atoms with van der Waals surface area (Å²) in [6, 6.07) is 9.20. The topological polar surface area (TPSA) is 54.8 Å². The lowest BCUT2D eigenvalue weighted by atomic mass is 9.96. The van der Waals surface area contributed by atoms with E-state index in [-0.39, 0.29) is 0 Å². The van der Waals surface area contributed by atoms with Crippen LogP contribution in [0.3, 0.4) is 0 Å². The summed E-state index contributed by atoms with van der Waals surface area (Å²) in [7, 11) is 1.61. The van der Waals surface area contributed by atoms with Crippen molar-refractivity contribution >= 4 is 35.3 Å². The maximum absolute atomic E-state index is 11.2. The van der Waals surface area contributed by atoms with Gasteiger partial charge in [-0.1, -0.05) is 23.2 Å². The third-order valence-corrected chi connectivity index (χ3v) is 3.91. The molecule has 5 nitrogen and oxygen atoms in total. The Hall–Kier alpha value is -2.11. The molecule has 2 heterocycles. The highest BCUT2D eigenvalue weighted by Crippen LogP contribution is 2.25. The quantitative estimate of drug-likeness (QED) is 0.628. The van der Waals surface area contributed by atoms with Gasteiger partial charge in [0.25, 0.3) is 0 Å². The van der Waals surface area contributed by atoms with Crippen LogP contribution in [0.15, 0.2) is 35.4 Å². The summed E-state index contributed by atoms with van der Waals surface area (Å²) in [5.74, 6) is 0.742. The Kier molecular flexibility index (Phi) is 4.50. The van der Waals surface area contributed by atoms with Crippen molar-refractivity contribution in [3.8, 4) is 5.75 Å². The minimum atomic E-state index is 0.325. The van der Waals surface area contributed by atoms with Crippen molar-refractivity contribution in [2.45, 2.75) is 13.0 Å². The number of hydrogen-bond donors (Lipinski definition) is 0. The molecule has 0 N–H and O–H groups in total. The first kappa shape index (κ1) is 15.8. The Morgan fingerprint density at radius 2 is 2.00 bits per heavy atom. The van der Waals surface area contributed by atoms with E-state index in [4.69, 9.17) is 27.9 Å². The van der Waals surface area contributed by atoms with Crippen LogP contribution in [-0.4, -0.2) is 29.2 Å². The number of fused-ring (bicyclic) bond motifs is 1. The normalized spacial score (nSPS) is 13.3. The average molecular weight is 350 g/mol. The number of nitrogens with zero attached hydrogens (tertiary/aromatic N) is 3. The molecule has 1 aliphatic heterocycles. The Balaban J connectivity index is 1.99. The first-order valence-electron chi connectivity index (χ1n) is 6.87. The van der Waals surface area contributed by atoms with Gasteiger partial charge in [0.15, 0.2) is 0 Å². The maximum atomic E-state index is 11.2. The van der Waals surface area contributed by atoms with Crippen LogP contribution in [0.4, 0.5) is 0 Å². The number of benzene rings is 1. The number of carbonyl (C=O) groups is 1. The number of amides is 1. The monoisotopic (exact) mass is 349 g/mol. The van der Waals surface area contributed by atoms with Crippen LogP contribution >= 0.6 is 23.2 Å². The van der Waals surface area contributed by atoms with Gasteiger partial charge in [0.1, 0.15) is 16.1 Å². The highest BCUT2D eigenvalue weighted by Gasteiger charge is 2.20. The lowest BCUT2D eigenvalue weighted by molar-refractivity contribution is -0.118. The standard InChI is InChI=1S/C16H13Cl2N3O2/c1-23-12-2-3-13-11(7-12)8-21(9-22)20-14(13)4-10-5-15(17)19-16(18)6-10/h2-3,5-7,9H,4,8H2,1H3. The molecule has 0 atom stereocenters. The van der Waals surface area contributed by atoms with Gasteiger partial charge in [0, 0.05) is 12.0 Å². The zero-order chi connectivity index (χ0) is 16.4. The Labute approximate surface area is 143 Å². The Morgan fingerprint density at radius 3 is 2.65 bits per heavy atom. The molecular weight excluding hydrogens is 337 g/mol. The van der Waals surface area contributed by atoms with Crippen LogP contribution in [-0.2, 0) is 17.8 Å². The van der Waals surface area contributed by atoms with E-state index in [2.05, 4.69) is 10.1 Å². The zero-order valence-corrected chi connectivity index (χ0v) is 13.8.